The van der Waals surface area contributed by atoms with Crippen molar-refractivity contribution in [3.05, 3.63) is 70.0 Å². The molecule has 4 heterocycles. The highest BCUT2D eigenvalue weighted by molar-refractivity contribution is 5.79. The summed E-state index contributed by atoms with van der Waals surface area (Å²) in [5.74, 6) is 0.551. The first-order valence-corrected chi connectivity index (χ1v) is 9.64. The predicted molar refractivity (Wildman–Crippen MR) is 115 cm³/mol. The van der Waals surface area contributed by atoms with Gasteiger partial charge in [0, 0.05) is 49.2 Å². The summed E-state index contributed by atoms with van der Waals surface area (Å²) in [5, 5.41) is 4.29. The zero-order chi connectivity index (χ0) is 20.5. The topological polar surface area (TPSA) is 88.5 Å². The molecular formula is C22H24N6O. The van der Waals surface area contributed by atoms with Gasteiger partial charge in [-0.25, -0.2) is 9.97 Å². The number of aromatic nitrogens is 5. The molecule has 0 aromatic carbocycles. The van der Waals surface area contributed by atoms with Crippen LogP contribution in [0.15, 0.2) is 47.7 Å². The molecule has 7 heteroatoms. The highest BCUT2D eigenvalue weighted by Gasteiger charge is 2.13. The lowest BCUT2D eigenvalue weighted by Crippen LogP contribution is -2.25. The molecule has 4 aromatic heterocycles. The van der Waals surface area contributed by atoms with Crippen LogP contribution in [0, 0.1) is 6.92 Å². The quantitative estimate of drug-likeness (QED) is 0.547. The Morgan fingerprint density at radius 2 is 2.00 bits per heavy atom. The SMILES string of the molecule is Cc1nc(-c2cnc(NC(C)C)n(C)c2=O)ccc1Cc1c[nH]c2ncccc12. The van der Waals surface area contributed by atoms with E-state index in [1.165, 1.54) is 10.1 Å². The lowest BCUT2D eigenvalue weighted by atomic mass is 10.0. The summed E-state index contributed by atoms with van der Waals surface area (Å²) >= 11 is 0. The highest BCUT2D eigenvalue weighted by atomic mass is 16.1. The van der Waals surface area contributed by atoms with Gasteiger partial charge in [0.2, 0.25) is 5.95 Å². The third-order valence-electron chi connectivity index (χ3n) is 4.98. The predicted octanol–water partition coefficient (Wildman–Crippen LogP) is 3.44. The van der Waals surface area contributed by atoms with Crippen LogP contribution in [-0.4, -0.2) is 30.5 Å². The van der Waals surface area contributed by atoms with Crippen molar-refractivity contribution in [2.75, 3.05) is 5.32 Å². The Morgan fingerprint density at radius 3 is 2.76 bits per heavy atom. The van der Waals surface area contributed by atoms with E-state index in [1.807, 2.05) is 45.2 Å². The summed E-state index contributed by atoms with van der Waals surface area (Å²) in [6, 6.07) is 8.12. The van der Waals surface area contributed by atoms with Gasteiger partial charge in [0.1, 0.15) is 5.65 Å². The lowest BCUT2D eigenvalue weighted by Gasteiger charge is -2.14. The molecule has 0 saturated carbocycles. The van der Waals surface area contributed by atoms with Crippen LogP contribution in [0.4, 0.5) is 5.95 Å². The second-order valence-electron chi connectivity index (χ2n) is 7.49. The van der Waals surface area contributed by atoms with E-state index >= 15 is 0 Å². The minimum atomic E-state index is -0.120. The second kappa shape index (κ2) is 7.50. The smallest absolute Gasteiger partial charge is 0.264 e. The Bertz CT molecular complexity index is 1240. The Hall–Kier alpha value is -3.48. The standard InChI is InChI=1S/C22H24N6O/c1-13(2)26-22-25-12-18(21(29)28(22)4)19-8-7-15(14(3)27-19)10-16-11-24-20-17(16)6-5-9-23-20/h5-9,11-13H,10H2,1-4H3,(H,23,24)(H,25,26). The summed E-state index contributed by atoms with van der Waals surface area (Å²) in [5.41, 5.74) is 5.07. The first kappa shape index (κ1) is 18.9. The van der Waals surface area contributed by atoms with E-state index in [9.17, 15) is 4.79 Å². The number of H-pyrrole nitrogens is 1. The van der Waals surface area contributed by atoms with Crippen molar-refractivity contribution in [2.24, 2.45) is 7.05 Å². The van der Waals surface area contributed by atoms with E-state index in [4.69, 9.17) is 4.98 Å². The molecule has 0 aliphatic rings. The molecule has 0 atom stereocenters. The van der Waals surface area contributed by atoms with Gasteiger partial charge in [-0.1, -0.05) is 6.07 Å². The molecule has 7 nitrogen and oxygen atoms in total. The molecular weight excluding hydrogens is 364 g/mol. The van der Waals surface area contributed by atoms with Crippen LogP contribution in [0.5, 0.6) is 0 Å². The van der Waals surface area contributed by atoms with Gasteiger partial charge >= 0.3 is 0 Å². The number of hydrogen-bond acceptors (Lipinski definition) is 5. The van der Waals surface area contributed by atoms with Gasteiger partial charge in [-0.15, -0.1) is 0 Å². The molecule has 0 fully saturated rings. The first-order valence-electron chi connectivity index (χ1n) is 9.64. The van der Waals surface area contributed by atoms with Gasteiger partial charge < -0.3 is 10.3 Å². The summed E-state index contributed by atoms with van der Waals surface area (Å²) in [6.45, 7) is 5.99. The minimum absolute atomic E-state index is 0.120. The summed E-state index contributed by atoms with van der Waals surface area (Å²) in [6.07, 6.45) is 6.12. The Labute approximate surface area is 168 Å². The molecule has 0 aliphatic carbocycles. The maximum atomic E-state index is 12.8. The number of nitrogens with one attached hydrogen (secondary N) is 2. The molecule has 0 unspecified atom stereocenters. The van der Waals surface area contributed by atoms with Crippen LogP contribution in [0.3, 0.4) is 0 Å². The average molecular weight is 388 g/mol. The van der Waals surface area contributed by atoms with Gasteiger partial charge in [-0.2, -0.15) is 0 Å². The van der Waals surface area contributed by atoms with Crippen molar-refractivity contribution in [1.29, 1.82) is 0 Å². The van der Waals surface area contributed by atoms with Crippen molar-refractivity contribution >= 4 is 17.0 Å². The third kappa shape index (κ3) is 3.63. The number of nitrogens with zero attached hydrogens (tertiary/aromatic N) is 4. The van der Waals surface area contributed by atoms with Crippen molar-refractivity contribution in [1.82, 2.24) is 24.5 Å². The Balaban J connectivity index is 1.66. The monoisotopic (exact) mass is 388 g/mol. The lowest BCUT2D eigenvalue weighted by molar-refractivity contribution is 0.787. The first-order chi connectivity index (χ1) is 13.9. The molecule has 0 aliphatic heterocycles. The van der Waals surface area contributed by atoms with E-state index in [-0.39, 0.29) is 11.6 Å². The van der Waals surface area contributed by atoms with E-state index in [2.05, 4.69) is 26.3 Å². The number of aryl methyl sites for hydroxylation is 1. The maximum Gasteiger partial charge on any atom is 0.264 e. The van der Waals surface area contributed by atoms with Crippen molar-refractivity contribution in [2.45, 2.75) is 33.2 Å². The van der Waals surface area contributed by atoms with Crippen LogP contribution < -0.4 is 10.9 Å². The van der Waals surface area contributed by atoms with Gasteiger partial charge in [-0.3, -0.25) is 14.3 Å². The van der Waals surface area contributed by atoms with Gasteiger partial charge in [0.25, 0.3) is 5.56 Å². The van der Waals surface area contributed by atoms with Crippen LogP contribution in [-0.2, 0) is 13.5 Å². The van der Waals surface area contributed by atoms with Crippen LogP contribution in [0.25, 0.3) is 22.3 Å². The molecule has 0 amide bonds. The fourth-order valence-corrected chi connectivity index (χ4v) is 3.40. The highest BCUT2D eigenvalue weighted by Crippen LogP contribution is 2.22. The number of anilines is 1. The van der Waals surface area contributed by atoms with Crippen molar-refractivity contribution in [3.8, 4) is 11.3 Å². The fourth-order valence-electron chi connectivity index (χ4n) is 3.40. The summed E-state index contributed by atoms with van der Waals surface area (Å²) in [7, 11) is 1.72. The second-order valence-corrected chi connectivity index (χ2v) is 7.49. The normalized spacial score (nSPS) is 11.3. The number of rotatable bonds is 5. The minimum Gasteiger partial charge on any atom is -0.353 e. The van der Waals surface area contributed by atoms with E-state index < -0.39 is 0 Å². The number of pyridine rings is 2. The Morgan fingerprint density at radius 1 is 1.17 bits per heavy atom. The van der Waals surface area contributed by atoms with Crippen LogP contribution in [0.1, 0.15) is 30.7 Å². The molecule has 148 valence electrons. The number of fused-ring (bicyclic) bond motifs is 1. The van der Waals surface area contributed by atoms with Gasteiger partial charge in [0.05, 0.1) is 11.3 Å². The maximum absolute atomic E-state index is 12.8. The number of hydrogen-bond donors (Lipinski definition) is 2. The number of aromatic amines is 1. The van der Waals surface area contributed by atoms with Crippen molar-refractivity contribution < 1.29 is 0 Å². The molecule has 4 rings (SSSR count). The molecule has 4 aromatic rings. The molecule has 29 heavy (non-hydrogen) atoms. The molecule has 0 saturated heterocycles. The molecule has 0 spiro atoms. The Kier molecular flexibility index (Phi) is 4.88. The molecule has 2 N–H and O–H groups in total. The van der Waals surface area contributed by atoms with Gasteiger partial charge in [-0.05, 0) is 50.1 Å². The van der Waals surface area contributed by atoms with E-state index in [0.717, 1.165) is 28.7 Å². The van der Waals surface area contributed by atoms with Crippen LogP contribution >= 0.6 is 0 Å². The van der Waals surface area contributed by atoms with Crippen molar-refractivity contribution in [3.63, 3.8) is 0 Å². The largest absolute Gasteiger partial charge is 0.353 e. The zero-order valence-corrected chi connectivity index (χ0v) is 17.0. The average Bonchev–Trinajstić information content (AvgIpc) is 3.10. The molecule has 0 bridgehead atoms. The zero-order valence-electron chi connectivity index (χ0n) is 17.0. The summed E-state index contributed by atoms with van der Waals surface area (Å²) in [4.78, 5) is 29.5. The van der Waals surface area contributed by atoms with Crippen LogP contribution in [0.2, 0.25) is 0 Å². The molecule has 0 radical (unpaired) electrons. The van der Waals surface area contributed by atoms with Gasteiger partial charge in [0.15, 0.2) is 0 Å². The summed E-state index contributed by atoms with van der Waals surface area (Å²) < 4.78 is 1.53. The van der Waals surface area contributed by atoms with E-state index in [0.29, 0.717) is 17.2 Å². The van der Waals surface area contributed by atoms with E-state index in [1.54, 1.807) is 19.4 Å². The third-order valence-corrected chi connectivity index (χ3v) is 4.98. The fraction of sp³-hybridized carbons (Fsp3) is 0.273.